The van der Waals surface area contributed by atoms with Crippen molar-refractivity contribution < 1.29 is 32.6 Å². The number of piperidine rings is 1. The minimum absolute atomic E-state index is 0.0782. The van der Waals surface area contributed by atoms with Crippen molar-refractivity contribution in [2.45, 2.75) is 44.9 Å². The van der Waals surface area contributed by atoms with Crippen LogP contribution in [0.5, 0.6) is 5.75 Å². The molecule has 1 aliphatic rings. The van der Waals surface area contributed by atoms with E-state index in [1.807, 2.05) is 0 Å². The fourth-order valence-corrected chi connectivity index (χ4v) is 3.19. The highest BCUT2D eigenvalue weighted by atomic mass is 19.4. The number of hydrogen-bond donors (Lipinski definition) is 1. The zero-order valence-corrected chi connectivity index (χ0v) is 14.3. The first kappa shape index (κ1) is 20.1. The largest absolute Gasteiger partial charge is 0.573 e. The normalized spacial score (nSPS) is 17.8. The number of ether oxygens (including phenoxy) is 1. The maximum Gasteiger partial charge on any atom is 0.573 e. The molecule has 1 amide bonds. The third kappa shape index (κ3) is 6.57. The van der Waals surface area contributed by atoms with E-state index in [-0.39, 0.29) is 36.8 Å². The molecule has 1 aliphatic heterocycles. The second kappa shape index (κ2) is 8.91. The summed E-state index contributed by atoms with van der Waals surface area (Å²) < 4.78 is 41.3. The molecule has 1 atom stereocenters. The smallest absolute Gasteiger partial charge is 0.481 e. The number of alkyl halides is 3. The van der Waals surface area contributed by atoms with Gasteiger partial charge in [0.25, 0.3) is 0 Å². The lowest BCUT2D eigenvalue weighted by Gasteiger charge is -2.32. The number of aryl methyl sites for hydroxylation is 1. The van der Waals surface area contributed by atoms with Crippen molar-refractivity contribution in [2.24, 2.45) is 5.92 Å². The van der Waals surface area contributed by atoms with Crippen molar-refractivity contribution in [3.63, 3.8) is 0 Å². The molecule has 1 aromatic carbocycles. The molecular weight excluding hydrogens is 351 g/mol. The van der Waals surface area contributed by atoms with Crippen LogP contribution in [0.3, 0.4) is 0 Å². The average Bonchev–Trinajstić information content (AvgIpc) is 2.58. The Morgan fingerprint density at radius 2 is 1.96 bits per heavy atom. The van der Waals surface area contributed by atoms with Gasteiger partial charge in [0.1, 0.15) is 5.75 Å². The first-order chi connectivity index (χ1) is 12.2. The maximum atomic E-state index is 12.4. The Labute approximate surface area is 149 Å². The number of carbonyl (C=O) groups excluding carboxylic acids is 1. The van der Waals surface area contributed by atoms with E-state index in [2.05, 4.69) is 4.74 Å². The summed E-state index contributed by atoms with van der Waals surface area (Å²) >= 11 is 0. The molecule has 0 radical (unpaired) electrons. The van der Waals surface area contributed by atoms with Crippen LogP contribution in [-0.4, -0.2) is 41.3 Å². The van der Waals surface area contributed by atoms with Gasteiger partial charge in [-0.2, -0.15) is 0 Å². The summed E-state index contributed by atoms with van der Waals surface area (Å²) in [5.41, 5.74) is 0.331. The van der Waals surface area contributed by atoms with Crippen LogP contribution in [0.1, 0.15) is 37.7 Å². The van der Waals surface area contributed by atoms with Crippen LogP contribution in [0.4, 0.5) is 13.2 Å². The van der Waals surface area contributed by atoms with E-state index < -0.39 is 12.3 Å². The summed E-state index contributed by atoms with van der Waals surface area (Å²) in [6.45, 7) is 1.11. The second-order valence-electron chi connectivity index (χ2n) is 6.44. The lowest BCUT2D eigenvalue weighted by Crippen LogP contribution is -2.40. The van der Waals surface area contributed by atoms with Gasteiger partial charge in [0.05, 0.1) is 0 Å². The van der Waals surface area contributed by atoms with Gasteiger partial charge in [0, 0.05) is 25.9 Å². The minimum Gasteiger partial charge on any atom is -0.481 e. The van der Waals surface area contributed by atoms with Gasteiger partial charge in [-0.3, -0.25) is 9.59 Å². The Morgan fingerprint density at radius 1 is 1.23 bits per heavy atom. The molecule has 0 saturated carbocycles. The molecular formula is C18H22F3NO4. The van der Waals surface area contributed by atoms with Crippen LogP contribution in [0, 0.1) is 5.92 Å². The highest BCUT2D eigenvalue weighted by Crippen LogP contribution is 2.27. The molecule has 1 N–H and O–H groups in total. The maximum absolute atomic E-state index is 12.4. The number of para-hydroxylation sites is 1. The molecule has 0 bridgehead atoms. The fraction of sp³-hybridized carbons (Fsp3) is 0.556. The lowest BCUT2D eigenvalue weighted by molar-refractivity contribution is -0.274. The molecule has 1 heterocycles. The molecule has 0 aromatic heterocycles. The van der Waals surface area contributed by atoms with Crippen molar-refractivity contribution in [3.05, 3.63) is 29.8 Å². The lowest BCUT2D eigenvalue weighted by atomic mass is 9.93. The number of carboxylic acid groups (broad SMARTS) is 1. The monoisotopic (exact) mass is 373 g/mol. The Hall–Kier alpha value is -2.25. The van der Waals surface area contributed by atoms with Gasteiger partial charge in [-0.15, -0.1) is 13.2 Å². The summed E-state index contributed by atoms with van der Waals surface area (Å²) in [7, 11) is 0. The van der Waals surface area contributed by atoms with E-state index in [1.54, 1.807) is 11.0 Å². The van der Waals surface area contributed by atoms with Crippen molar-refractivity contribution in [3.8, 4) is 5.75 Å². The number of nitrogens with zero attached hydrogens (tertiary/aromatic N) is 1. The van der Waals surface area contributed by atoms with Gasteiger partial charge in [-0.1, -0.05) is 18.2 Å². The highest BCUT2D eigenvalue weighted by Gasteiger charge is 2.32. The Morgan fingerprint density at radius 3 is 2.65 bits per heavy atom. The van der Waals surface area contributed by atoms with Crippen molar-refractivity contribution >= 4 is 11.9 Å². The summed E-state index contributed by atoms with van der Waals surface area (Å²) in [4.78, 5) is 24.8. The second-order valence-corrected chi connectivity index (χ2v) is 6.44. The van der Waals surface area contributed by atoms with Gasteiger partial charge >= 0.3 is 12.3 Å². The number of amides is 1. The number of likely N-dealkylation sites (tertiary alicyclic amines) is 1. The van der Waals surface area contributed by atoms with E-state index in [0.29, 0.717) is 25.1 Å². The van der Waals surface area contributed by atoms with Crippen molar-refractivity contribution in [2.75, 3.05) is 13.1 Å². The molecule has 1 saturated heterocycles. The van der Waals surface area contributed by atoms with E-state index in [0.717, 1.165) is 12.8 Å². The summed E-state index contributed by atoms with van der Waals surface area (Å²) in [6, 6.07) is 5.80. The zero-order chi connectivity index (χ0) is 19.2. The van der Waals surface area contributed by atoms with E-state index in [9.17, 15) is 22.8 Å². The van der Waals surface area contributed by atoms with E-state index in [4.69, 9.17) is 5.11 Å². The number of aliphatic carboxylic acids is 1. The van der Waals surface area contributed by atoms with Crippen LogP contribution in [0.15, 0.2) is 24.3 Å². The van der Waals surface area contributed by atoms with Crippen LogP contribution < -0.4 is 4.74 Å². The zero-order valence-electron chi connectivity index (χ0n) is 14.3. The first-order valence-electron chi connectivity index (χ1n) is 8.58. The summed E-state index contributed by atoms with van der Waals surface area (Å²) in [6.07, 6.45) is -2.23. The predicted molar refractivity (Wildman–Crippen MR) is 87.6 cm³/mol. The van der Waals surface area contributed by atoms with Crippen molar-refractivity contribution in [1.29, 1.82) is 0 Å². The Bertz CT molecular complexity index is 633. The molecule has 144 valence electrons. The number of benzene rings is 1. The van der Waals surface area contributed by atoms with Crippen molar-refractivity contribution in [1.82, 2.24) is 4.90 Å². The number of rotatable bonds is 7. The number of halogens is 3. The van der Waals surface area contributed by atoms with Gasteiger partial charge < -0.3 is 14.7 Å². The number of hydrogen-bond acceptors (Lipinski definition) is 3. The van der Waals surface area contributed by atoms with Crippen LogP contribution in [0.2, 0.25) is 0 Å². The van der Waals surface area contributed by atoms with E-state index >= 15 is 0 Å². The SMILES string of the molecule is O=C(O)CCC1CCCN(C(=O)CCc2ccccc2OC(F)(F)F)C1. The summed E-state index contributed by atoms with van der Waals surface area (Å²) in [5.74, 6) is -1.11. The number of carboxylic acids is 1. The van der Waals surface area contributed by atoms with Crippen LogP contribution in [0.25, 0.3) is 0 Å². The molecule has 0 spiro atoms. The molecule has 5 nitrogen and oxygen atoms in total. The Balaban J connectivity index is 1.89. The molecule has 8 heteroatoms. The van der Waals surface area contributed by atoms with Crippen LogP contribution >= 0.6 is 0 Å². The van der Waals surface area contributed by atoms with Gasteiger partial charge in [0.15, 0.2) is 0 Å². The van der Waals surface area contributed by atoms with Gasteiger partial charge in [0.2, 0.25) is 5.91 Å². The topological polar surface area (TPSA) is 66.8 Å². The standard InChI is InChI=1S/C18H22F3NO4/c19-18(20,21)26-15-6-2-1-5-14(15)8-9-16(23)22-11-3-4-13(12-22)7-10-17(24)25/h1-2,5-6,13H,3-4,7-12H2,(H,24,25). The molecule has 26 heavy (non-hydrogen) atoms. The molecule has 1 unspecified atom stereocenters. The quantitative estimate of drug-likeness (QED) is 0.793. The summed E-state index contributed by atoms with van der Waals surface area (Å²) in [5, 5.41) is 8.76. The molecule has 0 aliphatic carbocycles. The highest BCUT2D eigenvalue weighted by molar-refractivity contribution is 5.76. The van der Waals surface area contributed by atoms with E-state index in [1.165, 1.54) is 18.2 Å². The molecule has 1 fully saturated rings. The average molecular weight is 373 g/mol. The molecule has 2 rings (SSSR count). The van der Waals surface area contributed by atoms with Gasteiger partial charge in [-0.05, 0) is 43.2 Å². The van der Waals surface area contributed by atoms with Crippen LogP contribution in [-0.2, 0) is 16.0 Å². The molecule has 1 aromatic rings. The van der Waals surface area contributed by atoms with Gasteiger partial charge in [-0.25, -0.2) is 0 Å². The predicted octanol–water partition coefficient (Wildman–Crippen LogP) is 3.62. The number of carbonyl (C=O) groups is 2. The Kier molecular flexibility index (Phi) is 6.88. The first-order valence-corrected chi connectivity index (χ1v) is 8.58. The fourth-order valence-electron chi connectivity index (χ4n) is 3.19. The minimum atomic E-state index is -4.77. The third-order valence-electron chi connectivity index (χ3n) is 4.44. The third-order valence-corrected chi connectivity index (χ3v) is 4.44.